The summed E-state index contributed by atoms with van der Waals surface area (Å²) >= 11 is 0. The summed E-state index contributed by atoms with van der Waals surface area (Å²) in [6, 6.07) is 11.3. The van der Waals surface area contributed by atoms with Crippen LogP contribution in [0.1, 0.15) is 18.0 Å². The Balaban J connectivity index is 1.51. The van der Waals surface area contributed by atoms with Gasteiger partial charge >= 0.3 is 0 Å². The molecule has 1 fully saturated rings. The van der Waals surface area contributed by atoms with Gasteiger partial charge in [-0.3, -0.25) is 9.59 Å². The number of carbonyl (C=O) groups is 1. The summed E-state index contributed by atoms with van der Waals surface area (Å²) in [5.74, 6) is 0.394. The largest absolute Gasteiger partial charge is 0.484 e. The molecular weight excluding hydrogens is 406 g/mol. The van der Waals surface area contributed by atoms with Crippen molar-refractivity contribution in [1.29, 1.82) is 0 Å². The fourth-order valence-electron chi connectivity index (χ4n) is 4.18. The summed E-state index contributed by atoms with van der Waals surface area (Å²) in [6.07, 6.45) is 0.891. The van der Waals surface area contributed by atoms with E-state index >= 15 is 0 Å². The van der Waals surface area contributed by atoms with Crippen LogP contribution in [0.15, 0.2) is 52.2 Å². The maximum absolute atomic E-state index is 13.2. The number of benzene rings is 1. The molecule has 4 rings (SSSR count). The second-order valence-electron chi connectivity index (χ2n) is 8.07. The Hall–Kier alpha value is -2.65. The molecule has 2 aromatic rings. The summed E-state index contributed by atoms with van der Waals surface area (Å²) in [6.45, 7) is 1.20. The third kappa shape index (κ3) is 3.87. The standard InChI is InChI=1S/C21H25N3O5S/c1-22(2)21(26)14-29-17-6-8-18(9-7-17)30(27,28)23-11-15-10-16(13-23)19-4-3-5-20(25)24(19)12-15/h3-9,15-16H,10-14H2,1-2H3/t15-,16+/m1/s1. The first-order valence-electron chi connectivity index (χ1n) is 9.88. The van der Waals surface area contributed by atoms with Crippen LogP contribution in [0.5, 0.6) is 5.75 Å². The van der Waals surface area contributed by atoms with Gasteiger partial charge in [0.05, 0.1) is 4.90 Å². The van der Waals surface area contributed by atoms with E-state index in [1.165, 1.54) is 21.3 Å². The van der Waals surface area contributed by atoms with Crippen molar-refractivity contribution in [2.75, 3.05) is 33.8 Å². The van der Waals surface area contributed by atoms with Crippen molar-refractivity contribution in [1.82, 2.24) is 13.8 Å². The number of sulfonamides is 1. The first-order valence-corrected chi connectivity index (χ1v) is 11.3. The zero-order valence-corrected chi connectivity index (χ0v) is 17.8. The van der Waals surface area contributed by atoms with E-state index in [1.54, 1.807) is 42.9 Å². The van der Waals surface area contributed by atoms with E-state index in [-0.39, 0.29) is 34.8 Å². The summed E-state index contributed by atoms with van der Waals surface area (Å²) in [4.78, 5) is 25.4. The predicted molar refractivity (Wildman–Crippen MR) is 111 cm³/mol. The summed E-state index contributed by atoms with van der Waals surface area (Å²) in [7, 11) is -0.377. The van der Waals surface area contributed by atoms with Gasteiger partial charge < -0.3 is 14.2 Å². The Morgan fingerprint density at radius 3 is 2.53 bits per heavy atom. The van der Waals surface area contributed by atoms with Gasteiger partial charge in [-0.1, -0.05) is 6.07 Å². The zero-order valence-electron chi connectivity index (χ0n) is 17.0. The highest BCUT2D eigenvalue weighted by Gasteiger charge is 2.39. The number of pyridine rings is 1. The highest BCUT2D eigenvalue weighted by molar-refractivity contribution is 7.89. The van der Waals surface area contributed by atoms with E-state index in [9.17, 15) is 18.0 Å². The van der Waals surface area contributed by atoms with E-state index in [0.717, 1.165) is 12.1 Å². The van der Waals surface area contributed by atoms with E-state index in [1.807, 2.05) is 6.07 Å². The number of amides is 1. The Bertz CT molecular complexity index is 1110. The third-order valence-electron chi connectivity index (χ3n) is 5.77. The van der Waals surface area contributed by atoms with Gasteiger partial charge in [0.15, 0.2) is 6.61 Å². The molecule has 2 aliphatic heterocycles. The number of rotatable bonds is 5. The second-order valence-corrected chi connectivity index (χ2v) is 10.0. The second kappa shape index (κ2) is 7.88. The summed E-state index contributed by atoms with van der Waals surface area (Å²) < 4.78 is 35.2. The first-order chi connectivity index (χ1) is 14.3. The number of carbonyl (C=O) groups excluding carboxylic acids is 1. The average molecular weight is 432 g/mol. The quantitative estimate of drug-likeness (QED) is 0.708. The number of aromatic nitrogens is 1. The molecule has 160 valence electrons. The van der Waals surface area contributed by atoms with Crippen molar-refractivity contribution in [3.63, 3.8) is 0 Å². The van der Waals surface area contributed by atoms with Crippen molar-refractivity contribution in [3.8, 4) is 5.75 Å². The fourth-order valence-corrected chi connectivity index (χ4v) is 5.74. The topological polar surface area (TPSA) is 88.9 Å². The normalized spacial score (nSPS) is 21.0. The molecule has 0 unspecified atom stereocenters. The van der Waals surface area contributed by atoms with Crippen LogP contribution >= 0.6 is 0 Å². The predicted octanol–water partition coefficient (Wildman–Crippen LogP) is 1.12. The molecule has 9 heteroatoms. The molecule has 0 saturated carbocycles. The number of ether oxygens (including phenoxy) is 1. The smallest absolute Gasteiger partial charge is 0.259 e. The van der Waals surface area contributed by atoms with Crippen LogP contribution in [-0.2, 0) is 21.4 Å². The van der Waals surface area contributed by atoms with Crippen molar-refractivity contribution < 1.29 is 17.9 Å². The number of piperidine rings is 1. The minimum atomic E-state index is -3.66. The zero-order chi connectivity index (χ0) is 21.5. The average Bonchev–Trinajstić information content (AvgIpc) is 2.73. The third-order valence-corrected chi connectivity index (χ3v) is 7.61. The molecule has 0 spiro atoms. The van der Waals surface area contributed by atoms with Gasteiger partial charge in [-0.25, -0.2) is 8.42 Å². The molecular formula is C21H25N3O5S. The molecule has 2 atom stereocenters. The summed E-state index contributed by atoms with van der Waals surface area (Å²) in [5.41, 5.74) is 0.884. The minimum Gasteiger partial charge on any atom is -0.484 e. The molecule has 1 amide bonds. The van der Waals surface area contributed by atoms with Gasteiger partial charge in [0.25, 0.3) is 11.5 Å². The molecule has 1 aromatic heterocycles. The minimum absolute atomic E-state index is 0.0147. The lowest BCUT2D eigenvalue weighted by atomic mass is 9.84. The van der Waals surface area contributed by atoms with E-state index < -0.39 is 10.0 Å². The van der Waals surface area contributed by atoms with Crippen molar-refractivity contribution >= 4 is 15.9 Å². The first kappa shape index (κ1) is 20.6. The summed E-state index contributed by atoms with van der Waals surface area (Å²) in [5, 5.41) is 0. The van der Waals surface area contributed by atoms with Gasteiger partial charge in [0, 0.05) is 51.4 Å². The van der Waals surface area contributed by atoms with Gasteiger partial charge in [-0.15, -0.1) is 0 Å². The van der Waals surface area contributed by atoms with Crippen LogP contribution in [0, 0.1) is 5.92 Å². The molecule has 3 heterocycles. The SMILES string of the molecule is CN(C)C(=O)COc1ccc(S(=O)(=O)N2C[C@H]3C[C@@H](C2)c2cccc(=O)n2C3)cc1. The Kier molecular flexibility index (Phi) is 5.42. The molecule has 30 heavy (non-hydrogen) atoms. The lowest BCUT2D eigenvalue weighted by molar-refractivity contribution is -0.130. The maximum Gasteiger partial charge on any atom is 0.259 e. The number of fused-ring (bicyclic) bond motifs is 4. The Morgan fingerprint density at radius 1 is 1.10 bits per heavy atom. The number of hydrogen-bond donors (Lipinski definition) is 0. The van der Waals surface area contributed by atoms with Crippen molar-refractivity contribution in [3.05, 3.63) is 58.5 Å². The van der Waals surface area contributed by atoms with Gasteiger partial charge in [-0.2, -0.15) is 4.31 Å². The molecule has 0 aliphatic carbocycles. The molecule has 2 aliphatic rings. The fraction of sp³-hybridized carbons (Fsp3) is 0.429. The lowest BCUT2D eigenvalue weighted by Gasteiger charge is -2.42. The van der Waals surface area contributed by atoms with Crippen LogP contribution in [-0.4, -0.2) is 61.9 Å². The van der Waals surface area contributed by atoms with Crippen LogP contribution in [0.25, 0.3) is 0 Å². The number of nitrogens with zero attached hydrogens (tertiary/aromatic N) is 3. The monoisotopic (exact) mass is 431 g/mol. The van der Waals surface area contributed by atoms with E-state index in [0.29, 0.717) is 25.4 Å². The van der Waals surface area contributed by atoms with Gasteiger partial charge in [-0.05, 0) is 42.7 Å². The van der Waals surface area contributed by atoms with Crippen LogP contribution in [0.4, 0.5) is 0 Å². The number of hydrogen-bond acceptors (Lipinski definition) is 5. The van der Waals surface area contributed by atoms with Crippen LogP contribution in [0.3, 0.4) is 0 Å². The molecule has 1 saturated heterocycles. The highest BCUT2D eigenvalue weighted by atomic mass is 32.2. The molecule has 0 N–H and O–H groups in total. The van der Waals surface area contributed by atoms with Gasteiger partial charge in [0.2, 0.25) is 10.0 Å². The Morgan fingerprint density at radius 2 is 1.83 bits per heavy atom. The molecule has 0 radical (unpaired) electrons. The highest BCUT2D eigenvalue weighted by Crippen LogP contribution is 2.37. The van der Waals surface area contributed by atoms with Gasteiger partial charge in [0.1, 0.15) is 5.75 Å². The van der Waals surface area contributed by atoms with Crippen molar-refractivity contribution in [2.45, 2.75) is 23.8 Å². The van der Waals surface area contributed by atoms with E-state index in [2.05, 4.69) is 0 Å². The molecule has 1 aromatic carbocycles. The van der Waals surface area contributed by atoms with Crippen LogP contribution in [0.2, 0.25) is 0 Å². The molecule has 2 bridgehead atoms. The van der Waals surface area contributed by atoms with Crippen molar-refractivity contribution in [2.24, 2.45) is 5.92 Å². The van der Waals surface area contributed by atoms with Crippen LogP contribution < -0.4 is 10.3 Å². The Labute approximate surface area is 175 Å². The maximum atomic E-state index is 13.2. The molecule has 8 nitrogen and oxygen atoms in total. The van der Waals surface area contributed by atoms with E-state index in [4.69, 9.17) is 4.74 Å². The number of likely N-dealkylation sites (N-methyl/N-ethyl adjacent to an activating group) is 1. The lowest BCUT2D eigenvalue weighted by Crippen LogP contribution is -2.48.